The summed E-state index contributed by atoms with van der Waals surface area (Å²) in [6.07, 6.45) is 3.46. The largest absolute Gasteiger partial charge is 0.309 e. The van der Waals surface area contributed by atoms with Gasteiger partial charge in [-0.15, -0.1) is 0 Å². The molecule has 0 bridgehead atoms. The van der Waals surface area contributed by atoms with Gasteiger partial charge in [0.05, 0.1) is 20.1 Å². The van der Waals surface area contributed by atoms with Crippen LogP contribution in [0.5, 0.6) is 0 Å². The van der Waals surface area contributed by atoms with Crippen molar-refractivity contribution >= 4 is 46.4 Å². The van der Waals surface area contributed by atoms with Crippen LogP contribution >= 0.6 is 46.4 Å². The van der Waals surface area contributed by atoms with E-state index >= 15 is 0 Å². The molecule has 0 aliphatic rings. The van der Waals surface area contributed by atoms with Crippen molar-refractivity contribution < 1.29 is 0 Å². The number of halogens is 4. The van der Waals surface area contributed by atoms with Crippen molar-refractivity contribution in [2.75, 3.05) is 41.3 Å². The molecule has 0 atom stereocenters. The van der Waals surface area contributed by atoms with E-state index < -0.39 is 0 Å². The molecule has 0 heterocycles. The van der Waals surface area contributed by atoms with Gasteiger partial charge in [0.1, 0.15) is 0 Å². The van der Waals surface area contributed by atoms with E-state index in [1.54, 1.807) is 0 Å². The van der Waals surface area contributed by atoms with Crippen LogP contribution in [0.3, 0.4) is 0 Å². The van der Waals surface area contributed by atoms with E-state index in [0.29, 0.717) is 20.1 Å². The summed E-state index contributed by atoms with van der Waals surface area (Å²) >= 11 is 25.7. The molecule has 0 saturated carbocycles. The molecule has 1 aromatic carbocycles. The van der Waals surface area contributed by atoms with Gasteiger partial charge in [0.2, 0.25) is 0 Å². The second-order valence-corrected chi connectivity index (χ2v) is 7.54. The second kappa shape index (κ2) is 9.56. The van der Waals surface area contributed by atoms with Crippen LogP contribution in [0.1, 0.15) is 24.0 Å². The normalized spacial score (nSPS) is 11.7. The maximum absolute atomic E-state index is 6.43. The number of hydrogen-bond donors (Lipinski definition) is 0. The zero-order valence-corrected chi connectivity index (χ0v) is 16.7. The maximum atomic E-state index is 6.43. The Morgan fingerprint density at radius 2 is 0.864 bits per heavy atom. The Labute approximate surface area is 154 Å². The molecule has 0 amide bonds. The van der Waals surface area contributed by atoms with Crippen molar-refractivity contribution in [2.45, 2.75) is 25.7 Å². The van der Waals surface area contributed by atoms with Crippen LogP contribution in [-0.4, -0.2) is 51.1 Å². The van der Waals surface area contributed by atoms with E-state index in [2.05, 4.69) is 9.80 Å². The highest BCUT2D eigenvalue weighted by atomic mass is 35.5. The van der Waals surface area contributed by atoms with Crippen LogP contribution in [0.2, 0.25) is 20.1 Å². The SMILES string of the molecule is CN(C)CCCc1c(Cl)c(Cl)c(CCCN(C)C)c(Cl)c1Cl. The molecule has 0 spiro atoms. The molecule has 0 aromatic heterocycles. The van der Waals surface area contributed by atoms with Gasteiger partial charge in [-0.05, 0) is 78.1 Å². The zero-order chi connectivity index (χ0) is 16.9. The van der Waals surface area contributed by atoms with Crippen LogP contribution in [0, 0.1) is 0 Å². The number of nitrogens with zero attached hydrogens (tertiary/aromatic N) is 2. The first kappa shape index (κ1) is 20.3. The first-order valence-corrected chi connectivity index (χ1v) is 8.90. The van der Waals surface area contributed by atoms with Gasteiger partial charge in [0.25, 0.3) is 0 Å². The zero-order valence-electron chi connectivity index (χ0n) is 13.6. The monoisotopic (exact) mass is 384 g/mol. The van der Waals surface area contributed by atoms with Gasteiger partial charge in [-0.3, -0.25) is 0 Å². The molecular weight excluding hydrogens is 362 g/mol. The van der Waals surface area contributed by atoms with Crippen LogP contribution < -0.4 is 0 Å². The Morgan fingerprint density at radius 1 is 0.591 bits per heavy atom. The van der Waals surface area contributed by atoms with Gasteiger partial charge in [-0.25, -0.2) is 0 Å². The molecule has 126 valence electrons. The Bertz CT molecular complexity index is 427. The first-order chi connectivity index (χ1) is 10.3. The second-order valence-electron chi connectivity index (χ2n) is 6.03. The molecular formula is C16H24Cl4N2. The highest BCUT2D eigenvalue weighted by Gasteiger charge is 2.19. The lowest BCUT2D eigenvalue weighted by atomic mass is 10.0. The van der Waals surface area contributed by atoms with E-state index in [-0.39, 0.29) is 0 Å². The third-order valence-electron chi connectivity index (χ3n) is 3.51. The lowest BCUT2D eigenvalue weighted by Crippen LogP contribution is -2.14. The van der Waals surface area contributed by atoms with Gasteiger partial charge >= 0.3 is 0 Å². The summed E-state index contributed by atoms with van der Waals surface area (Å²) in [5, 5.41) is 2.20. The fourth-order valence-corrected chi connectivity index (χ4v) is 3.61. The minimum atomic E-state index is 0.551. The Kier molecular flexibility index (Phi) is 8.84. The van der Waals surface area contributed by atoms with Gasteiger partial charge in [0, 0.05) is 0 Å². The van der Waals surface area contributed by atoms with E-state index in [9.17, 15) is 0 Å². The highest BCUT2D eigenvalue weighted by molar-refractivity contribution is 6.48. The van der Waals surface area contributed by atoms with E-state index in [4.69, 9.17) is 46.4 Å². The summed E-state index contributed by atoms with van der Waals surface area (Å²) in [6.45, 7) is 1.93. The molecule has 0 unspecified atom stereocenters. The summed E-state index contributed by atoms with van der Waals surface area (Å²) in [7, 11) is 8.15. The minimum absolute atomic E-state index is 0.551. The Balaban J connectivity index is 2.94. The number of hydrogen-bond acceptors (Lipinski definition) is 2. The summed E-state index contributed by atoms with van der Waals surface area (Å²) in [5.41, 5.74) is 1.72. The lowest BCUT2D eigenvalue weighted by Gasteiger charge is -2.17. The van der Waals surface area contributed by atoms with Crippen LogP contribution in [-0.2, 0) is 12.8 Å². The summed E-state index contributed by atoms with van der Waals surface area (Å²) in [4.78, 5) is 4.25. The Morgan fingerprint density at radius 3 is 1.09 bits per heavy atom. The van der Waals surface area contributed by atoms with Crippen molar-refractivity contribution in [1.29, 1.82) is 0 Å². The van der Waals surface area contributed by atoms with Crippen molar-refractivity contribution in [3.63, 3.8) is 0 Å². The molecule has 0 aliphatic carbocycles. The molecule has 0 radical (unpaired) electrons. The minimum Gasteiger partial charge on any atom is -0.309 e. The van der Waals surface area contributed by atoms with Crippen LogP contribution in [0.25, 0.3) is 0 Å². The van der Waals surface area contributed by atoms with E-state index in [1.807, 2.05) is 28.2 Å². The summed E-state index contributed by atoms with van der Waals surface area (Å²) in [5.74, 6) is 0. The smallest absolute Gasteiger partial charge is 0.0643 e. The maximum Gasteiger partial charge on any atom is 0.0643 e. The molecule has 6 heteroatoms. The summed E-state index contributed by atoms with van der Waals surface area (Å²) in [6, 6.07) is 0. The van der Waals surface area contributed by atoms with E-state index in [0.717, 1.165) is 49.9 Å². The number of benzene rings is 1. The predicted octanol–water partition coefficient (Wildman–Crippen LogP) is 5.29. The fourth-order valence-electron chi connectivity index (χ4n) is 2.31. The molecule has 0 fully saturated rings. The van der Waals surface area contributed by atoms with Crippen molar-refractivity contribution in [1.82, 2.24) is 9.80 Å². The highest BCUT2D eigenvalue weighted by Crippen LogP contribution is 2.42. The molecule has 0 aliphatic heterocycles. The quantitative estimate of drug-likeness (QED) is 0.561. The van der Waals surface area contributed by atoms with Crippen molar-refractivity contribution in [2.24, 2.45) is 0 Å². The molecule has 1 rings (SSSR count). The molecule has 1 aromatic rings. The average molecular weight is 386 g/mol. The molecule has 0 N–H and O–H groups in total. The van der Waals surface area contributed by atoms with E-state index in [1.165, 1.54) is 0 Å². The topological polar surface area (TPSA) is 6.48 Å². The van der Waals surface area contributed by atoms with Gasteiger partial charge < -0.3 is 9.80 Å². The van der Waals surface area contributed by atoms with Crippen molar-refractivity contribution in [3.05, 3.63) is 31.2 Å². The number of rotatable bonds is 8. The third kappa shape index (κ3) is 5.74. The Hall–Kier alpha value is 0.300. The van der Waals surface area contributed by atoms with Gasteiger partial charge in [0.15, 0.2) is 0 Å². The molecule has 22 heavy (non-hydrogen) atoms. The lowest BCUT2D eigenvalue weighted by molar-refractivity contribution is 0.400. The van der Waals surface area contributed by atoms with Crippen LogP contribution in [0.15, 0.2) is 0 Å². The van der Waals surface area contributed by atoms with Gasteiger partial charge in [-0.1, -0.05) is 46.4 Å². The van der Waals surface area contributed by atoms with Crippen LogP contribution in [0.4, 0.5) is 0 Å². The standard InChI is InChI=1S/C16H24Cl4N2/c1-21(2)9-5-7-11-13(17)15(19)12(16(20)14(11)18)8-6-10-22(3)4/h5-10H2,1-4H3. The predicted molar refractivity (Wildman–Crippen MR) is 100 cm³/mol. The third-order valence-corrected chi connectivity index (χ3v) is 5.37. The fraction of sp³-hybridized carbons (Fsp3) is 0.625. The average Bonchev–Trinajstić information content (AvgIpc) is 2.43. The first-order valence-electron chi connectivity index (χ1n) is 7.38. The molecule has 2 nitrogen and oxygen atoms in total. The van der Waals surface area contributed by atoms with Crippen molar-refractivity contribution in [3.8, 4) is 0 Å². The molecule has 0 saturated heterocycles. The van der Waals surface area contributed by atoms with Gasteiger partial charge in [-0.2, -0.15) is 0 Å². The summed E-state index contributed by atoms with van der Waals surface area (Å²) < 4.78 is 0.